The van der Waals surface area contributed by atoms with Crippen LogP contribution < -0.4 is 14.2 Å². The molecule has 0 N–H and O–H groups in total. The minimum atomic E-state index is -0.339. The van der Waals surface area contributed by atoms with E-state index >= 15 is 0 Å². The highest BCUT2D eigenvalue weighted by Gasteiger charge is 2.26. The van der Waals surface area contributed by atoms with Crippen LogP contribution in [0.2, 0.25) is 0 Å². The standard InChI is InChI=1S/C21H19FN2O4S/c22-15-2-1-3-18-19(15)23-21(29-18)28-14-6-8-24(9-7-14)20(25)13-4-5-16-17(12-13)27-11-10-26-16/h1-5,12,14H,6-11H2. The molecule has 0 saturated carbocycles. The molecule has 8 heteroatoms. The number of thiazole rings is 1. The van der Waals surface area contributed by atoms with Crippen molar-refractivity contribution >= 4 is 27.5 Å². The summed E-state index contributed by atoms with van der Waals surface area (Å²) in [5, 5.41) is 0.474. The van der Waals surface area contributed by atoms with Crippen LogP contribution in [0.4, 0.5) is 4.39 Å². The van der Waals surface area contributed by atoms with Crippen LogP contribution in [-0.2, 0) is 0 Å². The molecular weight excluding hydrogens is 395 g/mol. The molecule has 2 aromatic carbocycles. The second-order valence-corrected chi connectivity index (χ2v) is 8.03. The van der Waals surface area contributed by atoms with Crippen molar-refractivity contribution in [1.29, 1.82) is 0 Å². The number of fused-ring (bicyclic) bond motifs is 2. The van der Waals surface area contributed by atoms with Gasteiger partial charge in [0.2, 0.25) is 0 Å². The van der Waals surface area contributed by atoms with Crippen LogP contribution in [0.25, 0.3) is 10.2 Å². The lowest BCUT2D eigenvalue weighted by molar-refractivity contribution is 0.0594. The van der Waals surface area contributed by atoms with Gasteiger partial charge in [0.1, 0.15) is 30.7 Å². The number of likely N-dealkylation sites (tertiary alicyclic amines) is 1. The van der Waals surface area contributed by atoms with Crippen molar-refractivity contribution in [3.63, 3.8) is 0 Å². The van der Waals surface area contributed by atoms with Gasteiger partial charge in [0, 0.05) is 31.5 Å². The molecule has 2 aliphatic heterocycles. The van der Waals surface area contributed by atoms with Gasteiger partial charge in [-0.2, -0.15) is 4.98 Å². The summed E-state index contributed by atoms with van der Waals surface area (Å²) in [6.45, 7) is 2.20. The number of carbonyl (C=O) groups excluding carboxylic acids is 1. The maximum absolute atomic E-state index is 13.8. The van der Waals surface area contributed by atoms with E-state index < -0.39 is 0 Å². The molecule has 0 bridgehead atoms. The average molecular weight is 414 g/mol. The Morgan fingerprint density at radius 2 is 1.93 bits per heavy atom. The zero-order chi connectivity index (χ0) is 19.8. The number of piperidine rings is 1. The largest absolute Gasteiger partial charge is 0.486 e. The SMILES string of the molecule is O=C(c1ccc2c(c1)OCCO2)N1CCC(Oc2nc3c(F)cccc3s2)CC1. The van der Waals surface area contributed by atoms with Gasteiger partial charge in [0.05, 0.1) is 4.70 Å². The van der Waals surface area contributed by atoms with Crippen molar-refractivity contribution < 1.29 is 23.4 Å². The fourth-order valence-corrected chi connectivity index (χ4v) is 4.52. The normalized spacial score (nSPS) is 16.8. The van der Waals surface area contributed by atoms with Crippen molar-refractivity contribution in [2.24, 2.45) is 0 Å². The third-order valence-corrected chi connectivity index (χ3v) is 6.05. The molecule has 0 radical (unpaired) electrons. The molecule has 3 aromatic rings. The van der Waals surface area contributed by atoms with E-state index in [-0.39, 0.29) is 17.8 Å². The highest BCUT2D eigenvalue weighted by Crippen LogP contribution is 2.33. The first kappa shape index (κ1) is 18.2. The number of para-hydroxylation sites is 1. The first-order valence-electron chi connectivity index (χ1n) is 9.58. The maximum atomic E-state index is 13.8. The summed E-state index contributed by atoms with van der Waals surface area (Å²) in [7, 11) is 0. The summed E-state index contributed by atoms with van der Waals surface area (Å²) >= 11 is 1.34. The van der Waals surface area contributed by atoms with Gasteiger partial charge < -0.3 is 19.1 Å². The molecule has 0 atom stereocenters. The highest BCUT2D eigenvalue weighted by atomic mass is 32.1. The first-order chi connectivity index (χ1) is 14.2. The minimum Gasteiger partial charge on any atom is -0.486 e. The van der Waals surface area contributed by atoms with Gasteiger partial charge in [0.15, 0.2) is 11.5 Å². The van der Waals surface area contributed by atoms with E-state index in [0.717, 1.165) is 4.70 Å². The van der Waals surface area contributed by atoms with Crippen molar-refractivity contribution in [2.45, 2.75) is 18.9 Å². The molecule has 0 unspecified atom stereocenters. The van der Waals surface area contributed by atoms with Gasteiger partial charge >= 0.3 is 0 Å². The number of halogens is 1. The Labute approximate surface area is 170 Å². The molecule has 1 fully saturated rings. The van der Waals surface area contributed by atoms with Crippen LogP contribution in [0.15, 0.2) is 36.4 Å². The van der Waals surface area contributed by atoms with Crippen molar-refractivity contribution in [3.05, 3.63) is 47.8 Å². The smallest absolute Gasteiger partial charge is 0.274 e. The molecule has 1 amide bonds. The highest BCUT2D eigenvalue weighted by molar-refractivity contribution is 7.20. The number of hydrogen-bond donors (Lipinski definition) is 0. The van der Waals surface area contributed by atoms with Crippen molar-refractivity contribution in [1.82, 2.24) is 9.88 Å². The molecule has 5 rings (SSSR count). The van der Waals surface area contributed by atoms with Crippen LogP contribution in [0.1, 0.15) is 23.2 Å². The monoisotopic (exact) mass is 414 g/mol. The Kier molecular flexibility index (Phi) is 4.71. The molecular formula is C21H19FN2O4S. The Bertz CT molecular complexity index is 1060. The minimum absolute atomic E-state index is 0.0255. The molecule has 6 nitrogen and oxygen atoms in total. The number of amides is 1. The number of aromatic nitrogens is 1. The Hall–Kier alpha value is -2.87. The van der Waals surface area contributed by atoms with Gasteiger partial charge in [-0.05, 0) is 30.3 Å². The first-order valence-corrected chi connectivity index (χ1v) is 10.4. The Morgan fingerprint density at radius 1 is 1.14 bits per heavy atom. The van der Waals surface area contributed by atoms with Gasteiger partial charge in [-0.1, -0.05) is 17.4 Å². The predicted molar refractivity (Wildman–Crippen MR) is 107 cm³/mol. The Balaban J connectivity index is 1.22. The van der Waals surface area contributed by atoms with E-state index in [4.69, 9.17) is 14.2 Å². The summed E-state index contributed by atoms with van der Waals surface area (Å²) in [4.78, 5) is 18.9. The second kappa shape index (κ2) is 7.51. The van der Waals surface area contributed by atoms with Crippen molar-refractivity contribution in [2.75, 3.05) is 26.3 Å². The molecule has 0 spiro atoms. The lowest BCUT2D eigenvalue weighted by atomic mass is 10.1. The number of ether oxygens (including phenoxy) is 3. The predicted octanol–water partition coefficient (Wildman–Crippen LogP) is 3.89. The molecule has 1 saturated heterocycles. The maximum Gasteiger partial charge on any atom is 0.274 e. The van der Waals surface area contributed by atoms with Gasteiger partial charge in [-0.3, -0.25) is 4.79 Å². The molecule has 1 aromatic heterocycles. The molecule has 150 valence electrons. The summed E-state index contributed by atoms with van der Waals surface area (Å²) < 4.78 is 31.6. The van der Waals surface area contributed by atoms with Gasteiger partial charge in [-0.25, -0.2) is 4.39 Å². The number of carbonyl (C=O) groups is 1. The number of benzene rings is 2. The third-order valence-electron chi connectivity index (χ3n) is 5.14. The lowest BCUT2D eigenvalue weighted by Crippen LogP contribution is -2.41. The van der Waals surface area contributed by atoms with Crippen molar-refractivity contribution in [3.8, 4) is 16.7 Å². The lowest BCUT2D eigenvalue weighted by Gasteiger charge is -2.31. The molecule has 0 aliphatic carbocycles. The van der Waals surface area contributed by atoms with Gasteiger partial charge in [-0.15, -0.1) is 0 Å². The quantitative estimate of drug-likeness (QED) is 0.651. The van der Waals surface area contributed by atoms with E-state index in [2.05, 4.69) is 4.98 Å². The zero-order valence-corrected chi connectivity index (χ0v) is 16.4. The van der Waals surface area contributed by atoms with Crippen LogP contribution in [0.3, 0.4) is 0 Å². The fourth-order valence-electron chi connectivity index (χ4n) is 3.62. The number of nitrogens with zero attached hydrogens (tertiary/aromatic N) is 2. The van der Waals surface area contributed by atoms with Crippen LogP contribution >= 0.6 is 11.3 Å². The van der Waals surface area contributed by atoms with Crippen LogP contribution in [0.5, 0.6) is 16.7 Å². The van der Waals surface area contributed by atoms with E-state index in [9.17, 15) is 9.18 Å². The summed E-state index contributed by atoms with van der Waals surface area (Å²) in [6.07, 6.45) is 1.37. The number of hydrogen-bond acceptors (Lipinski definition) is 6. The van der Waals surface area contributed by atoms with Gasteiger partial charge in [0.25, 0.3) is 11.1 Å². The van der Waals surface area contributed by atoms with E-state index in [1.807, 2.05) is 11.0 Å². The topological polar surface area (TPSA) is 60.9 Å². The second-order valence-electron chi connectivity index (χ2n) is 7.03. The summed E-state index contributed by atoms with van der Waals surface area (Å²) in [5.74, 6) is 0.923. The summed E-state index contributed by atoms with van der Waals surface area (Å²) in [6, 6.07) is 10.2. The fraction of sp³-hybridized carbons (Fsp3) is 0.333. The number of rotatable bonds is 3. The van der Waals surface area contributed by atoms with E-state index in [0.29, 0.717) is 66.9 Å². The van der Waals surface area contributed by atoms with Crippen LogP contribution in [-0.4, -0.2) is 48.2 Å². The zero-order valence-electron chi connectivity index (χ0n) is 15.6. The van der Waals surface area contributed by atoms with Crippen LogP contribution in [0, 0.1) is 5.82 Å². The van der Waals surface area contributed by atoms with E-state index in [1.54, 1.807) is 24.3 Å². The Morgan fingerprint density at radius 3 is 2.72 bits per heavy atom. The average Bonchev–Trinajstić information content (AvgIpc) is 3.17. The van der Waals surface area contributed by atoms with E-state index in [1.165, 1.54) is 17.4 Å². The molecule has 29 heavy (non-hydrogen) atoms. The third kappa shape index (κ3) is 3.60. The summed E-state index contributed by atoms with van der Waals surface area (Å²) in [5.41, 5.74) is 0.939. The molecule has 2 aliphatic rings. The molecule has 3 heterocycles.